The summed E-state index contributed by atoms with van der Waals surface area (Å²) in [7, 11) is -0.942. The fourth-order valence-corrected chi connectivity index (χ4v) is 1.17. The van der Waals surface area contributed by atoms with Gasteiger partial charge in [-0.2, -0.15) is 4.98 Å². The number of nitrogens with zero attached hydrogens (tertiary/aromatic N) is 2. The van der Waals surface area contributed by atoms with E-state index in [0.717, 1.165) is 0 Å². The van der Waals surface area contributed by atoms with E-state index in [1.54, 1.807) is 13.2 Å². The SMILES string of the molecule is CC(N)c1nc(CS(C)=O)no1.Cl. The molecule has 2 atom stereocenters. The van der Waals surface area contributed by atoms with Crippen LogP contribution in [0, 0.1) is 0 Å². The molecule has 1 rings (SSSR count). The van der Waals surface area contributed by atoms with E-state index in [4.69, 9.17) is 10.3 Å². The second-order valence-corrected chi connectivity index (χ2v) is 3.99. The van der Waals surface area contributed by atoms with Crippen LogP contribution in [0.2, 0.25) is 0 Å². The highest BCUT2D eigenvalue weighted by molar-refractivity contribution is 7.83. The molecule has 0 spiro atoms. The summed E-state index contributed by atoms with van der Waals surface area (Å²) in [5, 5.41) is 3.62. The van der Waals surface area contributed by atoms with Gasteiger partial charge in [-0.3, -0.25) is 4.21 Å². The van der Waals surface area contributed by atoms with E-state index in [9.17, 15) is 4.21 Å². The number of nitrogens with two attached hydrogens (primary N) is 1. The molecule has 1 aromatic rings. The Hall–Kier alpha value is -0.460. The predicted octanol–water partition coefficient (Wildman–Crippen LogP) is 0.390. The quantitative estimate of drug-likeness (QED) is 0.805. The average molecular weight is 226 g/mol. The van der Waals surface area contributed by atoms with E-state index < -0.39 is 10.8 Å². The standard InChI is InChI=1S/C6H11N3O2S.ClH/c1-4(7)6-8-5(9-11-6)3-12(2)10;/h4H,3,7H2,1-2H3;1H. The summed E-state index contributed by atoms with van der Waals surface area (Å²) in [6.45, 7) is 1.75. The van der Waals surface area contributed by atoms with Crippen LogP contribution >= 0.6 is 12.4 Å². The first-order valence-corrected chi connectivity index (χ1v) is 5.20. The lowest BCUT2D eigenvalue weighted by molar-refractivity contribution is 0.358. The maximum atomic E-state index is 10.8. The monoisotopic (exact) mass is 225 g/mol. The number of aromatic nitrogens is 2. The van der Waals surface area contributed by atoms with Crippen LogP contribution in [0.15, 0.2) is 4.52 Å². The van der Waals surface area contributed by atoms with Crippen LogP contribution in [-0.2, 0) is 16.6 Å². The highest BCUT2D eigenvalue weighted by Crippen LogP contribution is 2.06. The maximum Gasteiger partial charge on any atom is 0.243 e. The van der Waals surface area contributed by atoms with Crippen LogP contribution in [0.4, 0.5) is 0 Å². The van der Waals surface area contributed by atoms with Crippen molar-refractivity contribution in [2.45, 2.75) is 18.7 Å². The Morgan fingerprint density at radius 3 is 2.69 bits per heavy atom. The number of hydrogen-bond donors (Lipinski definition) is 1. The molecule has 0 saturated heterocycles. The molecular weight excluding hydrogens is 214 g/mol. The fourth-order valence-electron chi connectivity index (χ4n) is 0.693. The van der Waals surface area contributed by atoms with E-state index in [1.807, 2.05) is 0 Å². The molecule has 0 aliphatic carbocycles. The molecule has 2 unspecified atom stereocenters. The van der Waals surface area contributed by atoms with Crippen molar-refractivity contribution in [2.75, 3.05) is 6.26 Å². The largest absolute Gasteiger partial charge is 0.338 e. The molecule has 0 aromatic carbocycles. The van der Waals surface area contributed by atoms with Gasteiger partial charge in [0, 0.05) is 17.1 Å². The van der Waals surface area contributed by atoms with Crippen molar-refractivity contribution in [3.8, 4) is 0 Å². The van der Waals surface area contributed by atoms with Crippen molar-refractivity contribution in [3.05, 3.63) is 11.7 Å². The van der Waals surface area contributed by atoms with Crippen molar-refractivity contribution in [2.24, 2.45) is 5.73 Å². The minimum absolute atomic E-state index is 0. The number of halogens is 1. The van der Waals surface area contributed by atoms with Gasteiger partial charge in [0.25, 0.3) is 0 Å². The summed E-state index contributed by atoms with van der Waals surface area (Å²) in [4.78, 5) is 3.95. The van der Waals surface area contributed by atoms with Crippen LogP contribution in [0.1, 0.15) is 24.7 Å². The van der Waals surface area contributed by atoms with E-state index >= 15 is 0 Å². The van der Waals surface area contributed by atoms with Gasteiger partial charge in [0.1, 0.15) is 0 Å². The molecule has 7 heteroatoms. The summed E-state index contributed by atoms with van der Waals surface area (Å²) < 4.78 is 15.6. The molecule has 1 heterocycles. The molecule has 0 radical (unpaired) electrons. The van der Waals surface area contributed by atoms with Crippen molar-refractivity contribution >= 4 is 23.2 Å². The van der Waals surface area contributed by atoms with Gasteiger partial charge >= 0.3 is 0 Å². The molecule has 0 bridgehead atoms. The Labute approximate surface area is 84.9 Å². The third-order valence-corrected chi connectivity index (χ3v) is 1.87. The zero-order valence-corrected chi connectivity index (χ0v) is 9.02. The molecule has 1 aromatic heterocycles. The van der Waals surface area contributed by atoms with Gasteiger partial charge in [-0.05, 0) is 6.92 Å². The molecule has 0 saturated carbocycles. The zero-order valence-electron chi connectivity index (χ0n) is 7.39. The first-order valence-electron chi connectivity index (χ1n) is 3.47. The maximum absolute atomic E-state index is 10.8. The van der Waals surface area contributed by atoms with Crippen LogP contribution in [0.25, 0.3) is 0 Å². The van der Waals surface area contributed by atoms with Gasteiger partial charge in [-0.1, -0.05) is 5.16 Å². The molecule has 0 aliphatic heterocycles. The lowest BCUT2D eigenvalue weighted by atomic mass is 10.4. The lowest BCUT2D eigenvalue weighted by Crippen LogP contribution is -2.05. The van der Waals surface area contributed by atoms with Gasteiger partial charge in [0.2, 0.25) is 5.89 Å². The van der Waals surface area contributed by atoms with Crippen molar-refractivity contribution in [1.82, 2.24) is 10.1 Å². The normalized spacial score (nSPS) is 14.7. The Balaban J connectivity index is 0.00000144. The summed E-state index contributed by atoms with van der Waals surface area (Å²) in [5.41, 5.74) is 5.49. The average Bonchev–Trinajstić information content (AvgIpc) is 2.34. The van der Waals surface area contributed by atoms with Gasteiger partial charge in [0.05, 0.1) is 11.8 Å². The minimum Gasteiger partial charge on any atom is -0.338 e. The lowest BCUT2D eigenvalue weighted by Gasteiger charge is -1.92. The highest BCUT2D eigenvalue weighted by Gasteiger charge is 2.10. The van der Waals surface area contributed by atoms with E-state index in [0.29, 0.717) is 17.5 Å². The third kappa shape index (κ3) is 3.84. The van der Waals surface area contributed by atoms with Crippen molar-refractivity contribution < 1.29 is 8.73 Å². The van der Waals surface area contributed by atoms with Crippen LogP contribution in [0.3, 0.4) is 0 Å². The zero-order chi connectivity index (χ0) is 9.14. The van der Waals surface area contributed by atoms with Gasteiger partial charge in [-0.25, -0.2) is 0 Å². The first-order chi connectivity index (χ1) is 5.59. The topological polar surface area (TPSA) is 82.0 Å². The van der Waals surface area contributed by atoms with Crippen LogP contribution in [0.5, 0.6) is 0 Å². The van der Waals surface area contributed by atoms with E-state index in [1.165, 1.54) is 0 Å². The number of rotatable bonds is 3. The molecule has 76 valence electrons. The molecule has 0 amide bonds. The van der Waals surface area contributed by atoms with Gasteiger partial charge in [0.15, 0.2) is 5.82 Å². The van der Waals surface area contributed by atoms with Crippen molar-refractivity contribution in [3.63, 3.8) is 0 Å². The fraction of sp³-hybridized carbons (Fsp3) is 0.667. The smallest absolute Gasteiger partial charge is 0.243 e. The molecule has 2 N–H and O–H groups in total. The molecule has 0 aliphatic rings. The number of hydrogen-bond acceptors (Lipinski definition) is 5. The first kappa shape index (κ1) is 12.5. The Bertz CT molecular complexity index is 289. The summed E-state index contributed by atoms with van der Waals surface area (Å²) in [6, 6.07) is -0.267. The minimum atomic E-state index is -0.942. The highest BCUT2D eigenvalue weighted by atomic mass is 35.5. The molecule has 13 heavy (non-hydrogen) atoms. The third-order valence-electron chi connectivity index (χ3n) is 1.21. The van der Waals surface area contributed by atoms with Crippen LogP contribution < -0.4 is 5.73 Å². The van der Waals surface area contributed by atoms with Gasteiger partial charge in [-0.15, -0.1) is 12.4 Å². The van der Waals surface area contributed by atoms with E-state index in [-0.39, 0.29) is 18.4 Å². The summed E-state index contributed by atoms with van der Waals surface area (Å²) in [6.07, 6.45) is 1.59. The summed E-state index contributed by atoms with van der Waals surface area (Å²) >= 11 is 0. The molecular formula is C6H12ClN3O2S. The van der Waals surface area contributed by atoms with Crippen LogP contribution in [-0.4, -0.2) is 20.6 Å². The second-order valence-electron chi connectivity index (χ2n) is 2.56. The Morgan fingerprint density at radius 2 is 2.31 bits per heavy atom. The Morgan fingerprint density at radius 1 is 1.69 bits per heavy atom. The van der Waals surface area contributed by atoms with Crippen molar-refractivity contribution in [1.29, 1.82) is 0 Å². The Kier molecular flexibility index (Phi) is 5.12. The molecule has 0 fully saturated rings. The van der Waals surface area contributed by atoms with E-state index in [2.05, 4.69) is 10.1 Å². The molecule has 5 nitrogen and oxygen atoms in total. The second kappa shape index (κ2) is 5.31. The predicted molar refractivity (Wildman–Crippen MR) is 51.9 cm³/mol. The summed E-state index contributed by atoms with van der Waals surface area (Å²) in [5.74, 6) is 1.15. The van der Waals surface area contributed by atoms with Gasteiger partial charge < -0.3 is 10.3 Å².